The highest BCUT2D eigenvalue weighted by atomic mass is 16.6. The van der Waals surface area contributed by atoms with E-state index in [1.54, 1.807) is 0 Å². The average molecular weight is 776 g/mol. The number of fused-ring (bicyclic) bond motifs is 2. The van der Waals surface area contributed by atoms with E-state index in [0.717, 1.165) is 99.0 Å². The van der Waals surface area contributed by atoms with Gasteiger partial charge in [-0.2, -0.15) is 0 Å². The normalized spacial score (nSPS) is 41.3. The largest absolute Gasteiger partial charge is 0.446 e. The van der Waals surface area contributed by atoms with Crippen molar-refractivity contribution in [3.63, 3.8) is 0 Å². The second kappa shape index (κ2) is 14.4. The number of allylic oxidation sites excluding steroid dienone is 4. The summed E-state index contributed by atoms with van der Waals surface area (Å²) < 4.78 is 6.63. The van der Waals surface area contributed by atoms with E-state index in [1.165, 1.54) is 6.42 Å². The maximum atomic E-state index is 15.1. The van der Waals surface area contributed by atoms with Crippen molar-refractivity contribution in [1.29, 1.82) is 0 Å². The third-order valence-corrected chi connectivity index (χ3v) is 18.1. The molecule has 10 rings (SSSR count). The first-order valence-corrected chi connectivity index (χ1v) is 23.0. The number of carbonyl (C=O) groups excluding carboxylic acids is 2. The van der Waals surface area contributed by atoms with Crippen molar-refractivity contribution < 1.29 is 24.5 Å². The topological polar surface area (TPSA) is 87.1 Å². The Labute approximate surface area is 341 Å². The minimum absolute atomic E-state index is 0.0561. The predicted octanol–water partition coefficient (Wildman–Crippen LogP) is 11.0. The number of ether oxygens (including phenoxy) is 1. The molecule has 6 nitrogen and oxygen atoms in total. The first-order chi connectivity index (χ1) is 27.2. The summed E-state index contributed by atoms with van der Waals surface area (Å²) in [5.41, 5.74) is -0.473. The van der Waals surface area contributed by atoms with E-state index in [1.807, 2.05) is 4.90 Å². The molecule has 2 aromatic rings. The van der Waals surface area contributed by atoms with Gasteiger partial charge in [0.1, 0.15) is 6.10 Å². The summed E-state index contributed by atoms with van der Waals surface area (Å²) in [5.74, 6) is 1.97. The van der Waals surface area contributed by atoms with E-state index in [4.69, 9.17) is 4.74 Å². The number of hydrogen-bond acceptors (Lipinski definition) is 5. The first kappa shape index (κ1) is 39.5. The van der Waals surface area contributed by atoms with Crippen molar-refractivity contribution in [3.8, 4) is 0 Å². The Balaban J connectivity index is 1.09. The van der Waals surface area contributed by atoms with Crippen LogP contribution in [-0.4, -0.2) is 51.3 Å². The van der Waals surface area contributed by atoms with E-state index in [0.29, 0.717) is 42.9 Å². The van der Waals surface area contributed by atoms with Gasteiger partial charge in [0.2, 0.25) is 0 Å². The Hall–Kier alpha value is -2.96. The third-order valence-electron chi connectivity index (χ3n) is 18.1. The highest BCUT2D eigenvalue weighted by molar-refractivity contribution is 6.00. The highest BCUT2D eigenvalue weighted by Crippen LogP contribution is 2.78. The fraction of sp³-hybridized carbons (Fsp3) is 0.686. The molecule has 2 aromatic carbocycles. The Bertz CT molecular complexity index is 1940. The minimum Gasteiger partial charge on any atom is -0.446 e. The van der Waals surface area contributed by atoms with Crippen LogP contribution in [0.25, 0.3) is 10.8 Å². The maximum absolute atomic E-state index is 15.1. The van der Waals surface area contributed by atoms with Crippen LogP contribution in [0.2, 0.25) is 0 Å². The van der Waals surface area contributed by atoms with Crippen LogP contribution >= 0.6 is 0 Å². The molecule has 0 radical (unpaired) electrons. The average Bonchev–Trinajstić information content (AvgIpc) is 3.47. The molecule has 11 atom stereocenters. The van der Waals surface area contributed by atoms with Crippen LogP contribution in [0.4, 0.5) is 4.79 Å². The fourth-order valence-electron chi connectivity index (χ4n) is 14.8. The smallest absolute Gasteiger partial charge is 0.410 e. The number of aliphatic hydroxyl groups is 2. The molecule has 0 aromatic heterocycles. The summed E-state index contributed by atoms with van der Waals surface area (Å²) in [7, 11) is 0. The summed E-state index contributed by atoms with van der Waals surface area (Å²) in [6, 6.07) is 14.7. The van der Waals surface area contributed by atoms with Gasteiger partial charge in [-0.1, -0.05) is 121 Å². The molecule has 6 heteroatoms. The van der Waals surface area contributed by atoms with Gasteiger partial charge in [-0.3, -0.25) is 4.79 Å². The van der Waals surface area contributed by atoms with E-state index in [2.05, 4.69) is 95.3 Å². The van der Waals surface area contributed by atoms with Crippen LogP contribution in [0.3, 0.4) is 0 Å². The van der Waals surface area contributed by atoms with Crippen molar-refractivity contribution in [3.05, 3.63) is 71.8 Å². The zero-order valence-corrected chi connectivity index (χ0v) is 35.5. The second-order valence-corrected chi connectivity index (χ2v) is 21.3. The number of aliphatic hydroxyl groups excluding tert-OH is 1. The molecule has 57 heavy (non-hydrogen) atoms. The Morgan fingerprint density at radius 3 is 2.37 bits per heavy atom. The lowest BCUT2D eigenvalue weighted by Gasteiger charge is -2.71. The summed E-state index contributed by atoms with van der Waals surface area (Å²) >= 11 is 0. The molecule has 308 valence electrons. The van der Waals surface area contributed by atoms with Crippen LogP contribution in [0.5, 0.6) is 0 Å². The number of carbonyl (C=O) groups is 2. The Morgan fingerprint density at radius 1 is 0.860 bits per heavy atom. The van der Waals surface area contributed by atoms with Crippen molar-refractivity contribution >= 4 is 22.6 Å². The highest BCUT2D eigenvalue weighted by Gasteiger charge is 2.74. The van der Waals surface area contributed by atoms with Gasteiger partial charge in [0, 0.05) is 34.3 Å². The van der Waals surface area contributed by atoms with Gasteiger partial charge in [0.25, 0.3) is 0 Å². The SMILES string of the molecule is CC1CCC(C(C)C)C(OC(=O)N(Cc2cccc3ccccc23)CC2(O)CCC3C45C=CC6(C=C4C(=O)C4CCCCC4)CC(O)CCC6(C)C5CCC32C)C1. The van der Waals surface area contributed by atoms with Gasteiger partial charge in [-0.05, 0) is 122 Å². The lowest BCUT2D eigenvalue weighted by molar-refractivity contribution is -0.179. The Kier molecular flexibility index (Phi) is 9.95. The number of hydrogen-bond donors (Lipinski definition) is 2. The van der Waals surface area contributed by atoms with E-state index >= 15 is 4.79 Å². The lowest BCUT2D eigenvalue weighted by Crippen LogP contribution is -2.67. The summed E-state index contributed by atoms with van der Waals surface area (Å²) in [6.45, 7) is 12.1. The quantitative estimate of drug-likeness (QED) is 0.261. The second-order valence-electron chi connectivity index (χ2n) is 21.3. The molecule has 8 aliphatic rings. The van der Waals surface area contributed by atoms with Gasteiger partial charge < -0.3 is 19.8 Å². The third kappa shape index (κ3) is 6.06. The molecule has 2 spiro atoms. The van der Waals surface area contributed by atoms with Gasteiger partial charge in [0.05, 0.1) is 18.2 Å². The van der Waals surface area contributed by atoms with Crippen molar-refractivity contribution in [2.45, 2.75) is 155 Å². The van der Waals surface area contributed by atoms with Crippen molar-refractivity contribution in [2.75, 3.05) is 6.54 Å². The van der Waals surface area contributed by atoms with Crippen LogP contribution in [0.1, 0.15) is 136 Å². The maximum Gasteiger partial charge on any atom is 0.410 e. The molecule has 0 aliphatic heterocycles. The number of Topliss-reactive ketones (excluding diaryl/α,β-unsaturated/α-hetero) is 1. The molecule has 5 saturated carbocycles. The van der Waals surface area contributed by atoms with E-state index in [-0.39, 0.29) is 53.4 Å². The van der Waals surface area contributed by atoms with Gasteiger partial charge in [0.15, 0.2) is 5.78 Å². The molecular weight excluding hydrogens is 707 g/mol. The summed E-state index contributed by atoms with van der Waals surface area (Å²) in [6.07, 6.45) is 20.4. The van der Waals surface area contributed by atoms with Crippen LogP contribution < -0.4 is 0 Å². The summed E-state index contributed by atoms with van der Waals surface area (Å²) in [5, 5.41) is 26.8. The van der Waals surface area contributed by atoms with Gasteiger partial charge >= 0.3 is 6.09 Å². The monoisotopic (exact) mass is 776 g/mol. The standard InChI is InChI=1S/C51H69NO5/c1-33(2)39-19-18-34(3)28-42(39)57-46(55)52(31-37-16-11-15-35-12-9-10-17-40(35)37)32-50(56)25-22-44-48(50,5)24-21-43-47(4)23-20-38(53)29-49(47)26-27-51(43,44)41(30-49)45(54)36-13-7-6-8-14-36/h9-12,15-17,26-27,30,33-34,36,38-39,42-44,53,56H,6-8,13-14,18-25,28-29,31-32H2,1-5H3. The van der Waals surface area contributed by atoms with Crippen molar-refractivity contribution in [2.24, 2.45) is 57.2 Å². The molecule has 8 aliphatic carbocycles. The number of amides is 1. The number of benzene rings is 2. The predicted molar refractivity (Wildman–Crippen MR) is 226 cm³/mol. The molecule has 1 amide bonds. The summed E-state index contributed by atoms with van der Waals surface area (Å²) in [4.78, 5) is 31.7. The van der Waals surface area contributed by atoms with E-state index < -0.39 is 16.4 Å². The van der Waals surface area contributed by atoms with Crippen molar-refractivity contribution in [1.82, 2.24) is 4.90 Å². The number of rotatable bonds is 8. The van der Waals surface area contributed by atoms with Crippen LogP contribution in [-0.2, 0) is 16.1 Å². The number of nitrogens with zero attached hydrogens (tertiary/aromatic N) is 1. The Morgan fingerprint density at radius 2 is 1.58 bits per heavy atom. The first-order valence-electron chi connectivity index (χ1n) is 23.0. The minimum atomic E-state index is -1.17. The number of ketones is 1. The molecule has 0 saturated heterocycles. The molecule has 11 unspecified atom stereocenters. The molecule has 0 heterocycles. The molecule has 2 N–H and O–H groups in total. The fourth-order valence-corrected chi connectivity index (χ4v) is 14.8. The van der Waals surface area contributed by atoms with Gasteiger partial charge in [-0.15, -0.1) is 0 Å². The van der Waals surface area contributed by atoms with E-state index in [9.17, 15) is 15.0 Å². The zero-order chi connectivity index (χ0) is 40.0. The molecular formula is C51H69NO5. The zero-order valence-electron chi connectivity index (χ0n) is 35.5. The molecule has 5 fully saturated rings. The lowest BCUT2D eigenvalue weighted by atomic mass is 9.32. The van der Waals surface area contributed by atoms with Gasteiger partial charge in [-0.25, -0.2) is 4.79 Å². The molecule has 2 bridgehead atoms. The van der Waals surface area contributed by atoms with Crippen LogP contribution in [0.15, 0.2) is 66.3 Å². The van der Waals surface area contributed by atoms with Crippen LogP contribution in [0, 0.1) is 57.2 Å².